The van der Waals surface area contributed by atoms with Crippen molar-refractivity contribution in [3.05, 3.63) is 39.7 Å². The lowest BCUT2D eigenvalue weighted by Crippen LogP contribution is -2.49. The van der Waals surface area contributed by atoms with Gasteiger partial charge in [-0.2, -0.15) is 0 Å². The zero-order valence-corrected chi connectivity index (χ0v) is 23.3. The van der Waals surface area contributed by atoms with Gasteiger partial charge in [0.15, 0.2) is 0 Å². The number of carbonyl (C=O) groups is 2. The van der Waals surface area contributed by atoms with Crippen molar-refractivity contribution in [2.75, 3.05) is 19.6 Å². The molecule has 0 N–H and O–H groups in total. The molecule has 0 unspecified atom stereocenters. The molecule has 1 saturated carbocycles. The summed E-state index contributed by atoms with van der Waals surface area (Å²) < 4.78 is 34.9. The first-order chi connectivity index (χ1) is 18.8. The molecule has 3 aliphatic rings. The molecule has 3 heterocycles. The van der Waals surface area contributed by atoms with Gasteiger partial charge >= 0.3 is 0 Å². The van der Waals surface area contributed by atoms with Crippen LogP contribution in [0.3, 0.4) is 0 Å². The highest BCUT2D eigenvalue weighted by Gasteiger charge is 2.41. The molecule has 39 heavy (non-hydrogen) atoms. The molecule has 212 valence electrons. The Labute approximate surface area is 232 Å². The number of benzene rings is 1. The number of hydrogen-bond acceptors (Lipinski definition) is 5. The standard InChI is InChI=1S/C28H36ClF2N5O3/c1-3-36-26(27(30)31)21(32-33-36)16-39-23-11-10-20(29)19-12-14-35(28(38)18-8-5-4-7-17(18)2)22(25(19)23)15-34-13-6-9-24(34)37/h10-11,17-18,22,27H,3-9,12-16H2,1-2H3/t17-,18+,22+/m0/s1. The van der Waals surface area contributed by atoms with Crippen LogP contribution in [0.2, 0.25) is 5.02 Å². The van der Waals surface area contributed by atoms with E-state index in [9.17, 15) is 18.4 Å². The fraction of sp³-hybridized carbons (Fsp3) is 0.643. The normalized spacial score (nSPS) is 23.4. The highest BCUT2D eigenvalue weighted by molar-refractivity contribution is 6.31. The highest BCUT2D eigenvalue weighted by Crippen LogP contribution is 2.43. The van der Waals surface area contributed by atoms with Gasteiger partial charge < -0.3 is 14.5 Å². The van der Waals surface area contributed by atoms with Gasteiger partial charge in [0.1, 0.15) is 23.7 Å². The molecule has 1 aromatic carbocycles. The molecule has 11 heteroatoms. The predicted molar refractivity (Wildman–Crippen MR) is 142 cm³/mol. The van der Waals surface area contributed by atoms with Crippen LogP contribution in [0.1, 0.15) is 87.4 Å². The lowest BCUT2D eigenvalue weighted by Gasteiger charge is -2.43. The van der Waals surface area contributed by atoms with Crippen LogP contribution in [0.25, 0.3) is 0 Å². The minimum Gasteiger partial charge on any atom is -0.487 e. The third kappa shape index (κ3) is 5.49. The van der Waals surface area contributed by atoms with Crippen LogP contribution in [0, 0.1) is 11.8 Å². The zero-order chi connectivity index (χ0) is 27.7. The number of aromatic nitrogens is 3. The Balaban J connectivity index is 1.50. The number of rotatable bonds is 8. The van der Waals surface area contributed by atoms with E-state index in [-0.39, 0.29) is 42.3 Å². The Morgan fingerprint density at radius 3 is 2.67 bits per heavy atom. The van der Waals surface area contributed by atoms with E-state index >= 15 is 0 Å². The molecular weight excluding hydrogens is 528 g/mol. The summed E-state index contributed by atoms with van der Waals surface area (Å²) in [7, 11) is 0. The molecule has 0 spiro atoms. The van der Waals surface area contributed by atoms with E-state index in [1.54, 1.807) is 19.1 Å². The van der Waals surface area contributed by atoms with E-state index < -0.39 is 12.5 Å². The topological polar surface area (TPSA) is 80.6 Å². The number of halogens is 3. The van der Waals surface area contributed by atoms with Gasteiger partial charge in [-0.15, -0.1) is 5.10 Å². The van der Waals surface area contributed by atoms with E-state index in [1.807, 2.05) is 9.80 Å². The van der Waals surface area contributed by atoms with Crippen LogP contribution in [-0.4, -0.2) is 56.2 Å². The summed E-state index contributed by atoms with van der Waals surface area (Å²) in [5.41, 5.74) is 1.44. The Hall–Kier alpha value is -2.75. The van der Waals surface area contributed by atoms with Gasteiger partial charge in [0.25, 0.3) is 6.43 Å². The number of nitrogens with zero attached hydrogens (tertiary/aromatic N) is 5. The van der Waals surface area contributed by atoms with Crippen molar-refractivity contribution in [1.82, 2.24) is 24.8 Å². The van der Waals surface area contributed by atoms with E-state index in [0.29, 0.717) is 49.2 Å². The molecule has 2 fully saturated rings. The van der Waals surface area contributed by atoms with Gasteiger partial charge in [0.05, 0.1) is 6.04 Å². The van der Waals surface area contributed by atoms with Gasteiger partial charge in [-0.3, -0.25) is 9.59 Å². The second kappa shape index (κ2) is 11.8. The third-order valence-corrected chi connectivity index (χ3v) is 8.92. The number of aryl methyl sites for hydroxylation is 1. The molecule has 2 aliphatic heterocycles. The number of ether oxygens (including phenoxy) is 1. The van der Waals surface area contributed by atoms with Crippen molar-refractivity contribution in [3.8, 4) is 5.75 Å². The van der Waals surface area contributed by atoms with Crippen LogP contribution in [0.4, 0.5) is 8.78 Å². The minimum atomic E-state index is -2.74. The largest absolute Gasteiger partial charge is 0.487 e. The Kier molecular flexibility index (Phi) is 8.40. The van der Waals surface area contributed by atoms with Gasteiger partial charge in [-0.25, -0.2) is 13.5 Å². The number of carbonyl (C=O) groups excluding carboxylic acids is 2. The number of amides is 2. The van der Waals surface area contributed by atoms with Gasteiger partial charge in [0, 0.05) is 49.1 Å². The zero-order valence-electron chi connectivity index (χ0n) is 22.5. The van der Waals surface area contributed by atoms with Crippen molar-refractivity contribution in [1.29, 1.82) is 0 Å². The maximum atomic E-state index is 14.0. The highest BCUT2D eigenvalue weighted by atomic mass is 35.5. The summed E-state index contributed by atoms with van der Waals surface area (Å²) in [5, 5.41) is 8.35. The van der Waals surface area contributed by atoms with Crippen molar-refractivity contribution < 1.29 is 23.1 Å². The molecule has 5 rings (SSSR count). The number of likely N-dealkylation sites (tertiary alicyclic amines) is 1. The fourth-order valence-electron chi connectivity index (χ4n) is 6.44. The third-order valence-electron chi connectivity index (χ3n) is 8.57. The van der Waals surface area contributed by atoms with Crippen LogP contribution >= 0.6 is 11.6 Å². The number of hydrogen-bond donors (Lipinski definition) is 0. The first-order valence-electron chi connectivity index (χ1n) is 14.0. The maximum Gasteiger partial charge on any atom is 0.282 e. The van der Waals surface area contributed by atoms with Crippen molar-refractivity contribution in [2.24, 2.45) is 11.8 Å². The van der Waals surface area contributed by atoms with Gasteiger partial charge in [-0.1, -0.05) is 36.6 Å². The summed E-state index contributed by atoms with van der Waals surface area (Å²) in [4.78, 5) is 30.4. The molecule has 1 aliphatic carbocycles. The molecule has 8 nitrogen and oxygen atoms in total. The fourth-order valence-corrected chi connectivity index (χ4v) is 6.70. The van der Waals surface area contributed by atoms with Crippen LogP contribution in [0.15, 0.2) is 12.1 Å². The molecular formula is C28H36ClF2N5O3. The lowest BCUT2D eigenvalue weighted by molar-refractivity contribution is -0.143. The van der Waals surface area contributed by atoms with Crippen LogP contribution in [-0.2, 0) is 29.2 Å². The second-order valence-electron chi connectivity index (χ2n) is 10.9. The molecule has 2 aromatic rings. The summed E-state index contributed by atoms with van der Waals surface area (Å²) >= 11 is 6.67. The Morgan fingerprint density at radius 2 is 1.97 bits per heavy atom. The summed E-state index contributed by atoms with van der Waals surface area (Å²) in [6.45, 7) is 5.44. The van der Waals surface area contributed by atoms with Crippen molar-refractivity contribution >= 4 is 23.4 Å². The first-order valence-corrected chi connectivity index (χ1v) is 14.4. The Bertz CT molecular complexity index is 1220. The molecule has 1 aromatic heterocycles. The van der Waals surface area contributed by atoms with Crippen molar-refractivity contribution in [2.45, 2.75) is 84.4 Å². The molecule has 0 bridgehead atoms. The first kappa shape index (κ1) is 27.8. The molecule has 2 amide bonds. The van der Waals surface area contributed by atoms with Crippen LogP contribution < -0.4 is 4.74 Å². The van der Waals surface area contributed by atoms with Crippen molar-refractivity contribution in [3.63, 3.8) is 0 Å². The predicted octanol–water partition coefficient (Wildman–Crippen LogP) is 5.34. The smallest absolute Gasteiger partial charge is 0.282 e. The average Bonchev–Trinajstić information content (AvgIpc) is 3.54. The maximum absolute atomic E-state index is 14.0. The number of fused-ring (bicyclic) bond motifs is 1. The second-order valence-corrected chi connectivity index (χ2v) is 11.3. The van der Waals surface area contributed by atoms with E-state index in [2.05, 4.69) is 17.2 Å². The molecule has 3 atom stereocenters. The lowest BCUT2D eigenvalue weighted by atomic mass is 9.78. The monoisotopic (exact) mass is 563 g/mol. The summed E-state index contributed by atoms with van der Waals surface area (Å²) in [5.74, 6) is 0.889. The average molecular weight is 564 g/mol. The summed E-state index contributed by atoms with van der Waals surface area (Å²) in [6, 6.07) is 3.03. The van der Waals surface area contributed by atoms with Gasteiger partial charge in [-0.05, 0) is 56.2 Å². The van der Waals surface area contributed by atoms with Crippen LogP contribution in [0.5, 0.6) is 5.75 Å². The quantitative estimate of drug-likeness (QED) is 0.433. The summed E-state index contributed by atoms with van der Waals surface area (Å²) in [6.07, 6.45) is 3.16. The molecule has 1 saturated heterocycles. The van der Waals surface area contributed by atoms with E-state index in [1.165, 1.54) is 4.68 Å². The SMILES string of the molecule is CCn1nnc(COc2ccc(Cl)c3c2[C@@H](CN2CCCC2=O)N(C(=O)[C@@H]2CCCC[C@@H]2C)CC3)c1C(F)F. The van der Waals surface area contributed by atoms with E-state index in [0.717, 1.165) is 43.2 Å². The molecule has 0 radical (unpaired) electrons. The van der Waals surface area contributed by atoms with Gasteiger partial charge in [0.2, 0.25) is 11.8 Å². The Morgan fingerprint density at radius 1 is 1.18 bits per heavy atom. The van der Waals surface area contributed by atoms with E-state index in [4.69, 9.17) is 16.3 Å². The number of alkyl halides is 2. The minimum absolute atomic E-state index is 0.0571.